The Kier molecular flexibility index (Phi) is 6.94. The number of rotatable bonds is 10. The zero-order chi connectivity index (χ0) is 26.1. The summed E-state index contributed by atoms with van der Waals surface area (Å²) in [6.45, 7) is 1.55. The lowest BCUT2D eigenvalue weighted by Gasteiger charge is -2.24. The molecule has 2 aliphatic rings. The van der Waals surface area contributed by atoms with Crippen LogP contribution in [0.1, 0.15) is 48.8 Å². The van der Waals surface area contributed by atoms with Crippen LogP contribution in [0, 0.1) is 0 Å². The van der Waals surface area contributed by atoms with E-state index in [1.807, 2.05) is 18.2 Å². The first-order valence-corrected chi connectivity index (χ1v) is 13.5. The summed E-state index contributed by atoms with van der Waals surface area (Å²) in [5.74, 6) is 4.47. The molecule has 200 valence electrons. The fourth-order valence-electron chi connectivity index (χ4n) is 4.81. The predicted octanol–water partition coefficient (Wildman–Crippen LogP) is 6.21. The maximum Gasteiger partial charge on any atom is 0.187 e. The van der Waals surface area contributed by atoms with Crippen molar-refractivity contribution in [3.8, 4) is 17.2 Å². The molecule has 0 amide bonds. The van der Waals surface area contributed by atoms with E-state index in [4.69, 9.17) is 23.5 Å². The highest BCUT2D eigenvalue weighted by atomic mass is 32.2. The molecule has 1 aliphatic heterocycles. The van der Waals surface area contributed by atoms with Crippen molar-refractivity contribution in [1.29, 1.82) is 0 Å². The van der Waals surface area contributed by atoms with Crippen LogP contribution in [0.2, 0.25) is 0 Å². The number of aromatic nitrogens is 3. The van der Waals surface area contributed by atoms with Crippen LogP contribution in [0.25, 0.3) is 11.0 Å². The second-order valence-corrected chi connectivity index (χ2v) is 10.3. The smallest absolute Gasteiger partial charge is 0.187 e. The minimum absolute atomic E-state index is 0.426. The minimum Gasteiger partial charge on any atom is -0.495 e. The van der Waals surface area contributed by atoms with E-state index in [1.165, 1.54) is 30.4 Å². The number of hydrogen-bond acceptors (Lipinski definition) is 10. The van der Waals surface area contributed by atoms with E-state index in [2.05, 4.69) is 37.5 Å². The molecule has 2 aromatic carbocycles. The van der Waals surface area contributed by atoms with E-state index >= 15 is 0 Å². The Hall–Kier alpha value is -3.57. The van der Waals surface area contributed by atoms with Crippen LogP contribution in [0.5, 0.6) is 17.2 Å². The summed E-state index contributed by atoms with van der Waals surface area (Å²) in [6, 6.07) is 9.99. The van der Waals surface area contributed by atoms with E-state index in [0.29, 0.717) is 29.0 Å². The number of hydrogen-bond donors (Lipinski definition) is 3. The number of nitrogens with zero attached hydrogens (tertiary/aromatic N) is 2. The highest BCUT2D eigenvalue weighted by Gasteiger charge is 2.26. The monoisotopic (exact) mass is 537 g/mol. The molecule has 0 unspecified atom stereocenters. The molecule has 0 spiro atoms. The van der Waals surface area contributed by atoms with Gasteiger partial charge in [-0.2, -0.15) is 5.10 Å². The van der Waals surface area contributed by atoms with Gasteiger partial charge in [0.15, 0.2) is 17.2 Å². The molecular formula is C27H31N5O5S. The molecule has 10 nitrogen and oxygen atoms in total. The molecule has 3 heterocycles. The lowest BCUT2D eigenvalue weighted by molar-refractivity contribution is 0.0852. The van der Waals surface area contributed by atoms with Gasteiger partial charge in [0.05, 0.1) is 32.4 Å². The Labute approximate surface area is 224 Å². The van der Waals surface area contributed by atoms with Gasteiger partial charge in [-0.15, -0.1) is 0 Å². The Balaban J connectivity index is 1.23. The molecule has 2 fully saturated rings. The van der Waals surface area contributed by atoms with E-state index in [9.17, 15) is 0 Å². The highest BCUT2D eigenvalue weighted by Crippen LogP contribution is 2.44. The molecule has 1 aliphatic carbocycles. The number of H-pyrrole nitrogens is 1. The van der Waals surface area contributed by atoms with Gasteiger partial charge in [0, 0.05) is 37.0 Å². The van der Waals surface area contributed by atoms with Crippen molar-refractivity contribution in [2.24, 2.45) is 0 Å². The second-order valence-electron chi connectivity index (χ2n) is 9.53. The molecular weight excluding hydrogens is 506 g/mol. The quantitative estimate of drug-likeness (QED) is 0.202. The molecule has 38 heavy (non-hydrogen) atoms. The zero-order valence-electron chi connectivity index (χ0n) is 21.6. The number of benzene rings is 2. The fraction of sp³-hybridized carbons (Fsp3) is 0.407. The topological polar surface area (TPSA) is 116 Å². The molecule has 1 saturated heterocycles. The SMILES string of the molecule is COc1cc2c(NSc3c(OC)cc(C4CCOCC4)cc3OC)noc2cc1Nc1cc(C2CC2)[nH]n1. The van der Waals surface area contributed by atoms with Crippen molar-refractivity contribution >= 4 is 40.2 Å². The molecule has 0 bridgehead atoms. The first-order valence-electron chi connectivity index (χ1n) is 12.7. The third kappa shape index (κ3) is 4.95. The number of ether oxygens (including phenoxy) is 4. The summed E-state index contributed by atoms with van der Waals surface area (Å²) in [4.78, 5) is 0.831. The van der Waals surface area contributed by atoms with Gasteiger partial charge in [0.2, 0.25) is 0 Å². The first kappa shape index (κ1) is 24.7. The predicted molar refractivity (Wildman–Crippen MR) is 146 cm³/mol. The van der Waals surface area contributed by atoms with Crippen LogP contribution in [0.15, 0.2) is 39.8 Å². The molecule has 0 radical (unpaired) electrons. The zero-order valence-corrected chi connectivity index (χ0v) is 22.4. The van der Waals surface area contributed by atoms with Crippen LogP contribution >= 0.6 is 11.9 Å². The van der Waals surface area contributed by atoms with Crippen molar-refractivity contribution < 1.29 is 23.5 Å². The third-order valence-corrected chi connectivity index (χ3v) is 8.00. The van der Waals surface area contributed by atoms with E-state index in [-0.39, 0.29) is 0 Å². The van der Waals surface area contributed by atoms with Crippen molar-refractivity contribution in [3.05, 3.63) is 41.6 Å². The van der Waals surface area contributed by atoms with Gasteiger partial charge >= 0.3 is 0 Å². The number of aromatic amines is 1. The van der Waals surface area contributed by atoms with Crippen LogP contribution in [-0.2, 0) is 4.74 Å². The summed E-state index contributed by atoms with van der Waals surface area (Å²) in [6.07, 6.45) is 4.40. The highest BCUT2D eigenvalue weighted by molar-refractivity contribution is 8.00. The number of methoxy groups -OCH3 is 3. The van der Waals surface area contributed by atoms with Crippen molar-refractivity contribution in [2.45, 2.75) is 42.4 Å². The van der Waals surface area contributed by atoms with Gasteiger partial charge in [-0.1, -0.05) is 5.16 Å². The molecule has 1 saturated carbocycles. The summed E-state index contributed by atoms with van der Waals surface area (Å²) >= 11 is 1.36. The summed E-state index contributed by atoms with van der Waals surface area (Å²) in [5.41, 5.74) is 3.71. The number of anilines is 3. The normalized spacial score (nSPS) is 16.0. The Bertz CT molecular complexity index is 1400. The van der Waals surface area contributed by atoms with Gasteiger partial charge in [-0.25, -0.2) is 0 Å². The molecule has 0 atom stereocenters. The van der Waals surface area contributed by atoms with E-state index in [0.717, 1.165) is 65.0 Å². The van der Waals surface area contributed by atoms with Crippen LogP contribution in [-0.4, -0.2) is 49.9 Å². The lowest BCUT2D eigenvalue weighted by Crippen LogP contribution is -2.14. The third-order valence-electron chi connectivity index (χ3n) is 7.10. The summed E-state index contributed by atoms with van der Waals surface area (Å²) < 4.78 is 31.7. The fourth-order valence-corrected chi connectivity index (χ4v) is 5.65. The Morgan fingerprint density at radius 2 is 1.63 bits per heavy atom. The molecule has 2 aromatic heterocycles. The van der Waals surface area contributed by atoms with E-state index in [1.54, 1.807) is 21.3 Å². The maximum absolute atomic E-state index is 5.75. The molecule has 4 aromatic rings. The lowest BCUT2D eigenvalue weighted by atomic mass is 9.91. The summed E-state index contributed by atoms with van der Waals surface area (Å²) in [5, 5.41) is 15.9. The van der Waals surface area contributed by atoms with Crippen LogP contribution < -0.4 is 24.2 Å². The number of fused-ring (bicyclic) bond motifs is 1. The number of nitrogens with one attached hydrogen (secondary N) is 3. The van der Waals surface area contributed by atoms with Gasteiger partial charge in [0.25, 0.3) is 0 Å². The van der Waals surface area contributed by atoms with Gasteiger partial charge < -0.3 is 33.5 Å². The van der Waals surface area contributed by atoms with Crippen LogP contribution in [0.3, 0.4) is 0 Å². The van der Waals surface area contributed by atoms with E-state index < -0.39 is 0 Å². The van der Waals surface area contributed by atoms with Gasteiger partial charge in [-0.3, -0.25) is 5.10 Å². The first-order chi connectivity index (χ1) is 18.7. The summed E-state index contributed by atoms with van der Waals surface area (Å²) in [7, 11) is 4.98. The van der Waals surface area contributed by atoms with Crippen molar-refractivity contribution in [2.75, 3.05) is 44.6 Å². The van der Waals surface area contributed by atoms with Gasteiger partial charge in [0.1, 0.15) is 22.1 Å². The molecule has 6 rings (SSSR count). The van der Waals surface area contributed by atoms with Crippen molar-refractivity contribution in [1.82, 2.24) is 15.4 Å². The molecule has 3 N–H and O–H groups in total. The largest absolute Gasteiger partial charge is 0.495 e. The second kappa shape index (κ2) is 10.7. The maximum atomic E-state index is 5.75. The average molecular weight is 538 g/mol. The minimum atomic E-state index is 0.426. The standard InChI is InChI=1S/C27H31N5O5S/c1-33-22-12-18-21(13-20(22)28-25-14-19(29-30-25)16-4-5-16)37-31-27(18)32-38-26-23(34-2)10-17(11-24(26)35-3)15-6-8-36-9-7-15/h10-16H,4-9H2,1-3H3,(H,31,32)(H2,28,29,30). The average Bonchev–Trinajstić information content (AvgIpc) is 3.59. The Morgan fingerprint density at radius 3 is 2.32 bits per heavy atom. The Morgan fingerprint density at radius 1 is 0.895 bits per heavy atom. The molecule has 11 heteroatoms. The van der Waals surface area contributed by atoms with Gasteiger partial charge in [-0.05, 0) is 67.3 Å². The van der Waals surface area contributed by atoms with Crippen LogP contribution in [0.4, 0.5) is 17.3 Å². The van der Waals surface area contributed by atoms with Crippen molar-refractivity contribution in [3.63, 3.8) is 0 Å².